The Balaban J connectivity index is 0.00000261. The molecular weight excluding hydrogens is 336 g/mol. The average Bonchev–Trinajstić information content (AvgIpc) is 2.67. The molecule has 0 saturated heterocycles. The van der Waals surface area contributed by atoms with Crippen LogP contribution in [-0.4, -0.2) is 17.2 Å². The van der Waals surface area contributed by atoms with Gasteiger partial charge in [-0.15, -0.1) is 0 Å². The molecular formula is C22H28N4O. The highest BCUT2D eigenvalue weighted by molar-refractivity contribution is 5.95. The first-order valence-corrected chi connectivity index (χ1v) is 8.89. The summed E-state index contributed by atoms with van der Waals surface area (Å²) in [6.07, 6.45) is 0.301. The van der Waals surface area contributed by atoms with Crippen molar-refractivity contribution in [1.29, 1.82) is 5.26 Å². The number of hydrogen-bond donors (Lipinski definition) is 1. The molecule has 0 radical (unpaired) electrons. The quantitative estimate of drug-likeness (QED) is 0.546. The van der Waals surface area contributed by atoms with Crippen LogP contribution in [0.5, 0.6) is 0 Å². The molecule has 142 valence electrons. The first-order chi connectivity index (χ1) is 12.6. The molecule has 2 aromatic carbocycles. The Kier molecular flexibility index (Phi) is 6.59. The van der Waals surface area contributed by atoms with Gasteiger partial charge in [0.05, 0.1) is 11.0 Å². The molecule has 1 atom stereocenters. The van der Waals surface area contributed by atoms with Crippen molar-refractivity contribution >= 4 is 21.8 Å². The number of aryl methyl sites for hydroxylation is 3. The zero-order valence-corrected chi connectivity index (χ0v) is 15.5. The van der Waals surface area contributed by atoms with E-state index in [1.807, 2.05) is 18.2 Å². The highest BCUT2D eigenvalue weighted by Crippen LogP contribution is 2.24. The number of nitrogens with two attached hydrogens (primary N) is 1. The standard InChI is InChI=1S/C21H24N4O.CH4/c1-14-9-10-18-20(24-26-15(2)13-23)17-7-4-5-8-19(17)25(12-6-11-22)21(18)16(14)3;/h4-5,7-10,15H,6,11-12,22H2,1-3H3;1H4/b24-20+;. The van der Waals surface area contributed by atoms with Crippen LogP contribution in [0.2, 0.25) is 0 Å². The maximum Gasteiger partial charge on any atom is 0.209 e. The van der Waals surface area contributed by atoms with Crippen molar-refractivity contribution in [2.45, 2.75) is 47.3 Å². The van der Waals surface area contributed by atoms with Crippen LogP contribution in [-0.2, 0) is 11.4 Å². The zero-order valence-electron chi connectivity index (χ0n) is 15.5. The lowest BCUT2D eigenvalue weighted by Crippen LogP contribution is -2.17. The second-order valence-electron chi connectivity index (χ2n) is 6.53. The number of aromatic nitrogens is 1. The minimum absolute atomic E-state index is 0. The Morgan fingerprint density at radius 2 is 1.93 bits per heavy atom. The number of para-hydroxylation sites is 1. The van der Waals surface area contributed by atoms with Gasteiger partial charge in [-0.05, 0) is 50.9 Å². The zero-order chi connectivity index (χ0) is 18.7. The van der Waals surface area contributed by atoms with Gasteiger partial charge in [0.15, 0.2) is 0 Å². The number of hydrogen-bond acceptors (Lipinski definition) is 4. The average molecular weight is 364 g/mol. The van der Waals surface area contributed by atoms with E-state index in [0.29, 0.717) is 6.54 Å². The lowest BCUT2D eigenvalue weighted by atomic mass is 10.0. The summed E-state index contributed by atoms with van der Waals surface area (Å²) in [6.45, 7) is 7.42. The lowest BCUT2D eigenvalue weighted by molar-refractivity contribution is 0.102. The lowest BCUT2D eigenvalue weighted by Gasteiger charge is -2.19. The normalized spacial score (nSPS) is 12.6. The smallest absolute Gasteiger partial charge is 0.209 e. The van der Waals surface area contributed by atoms with Crippen LogP contribution in [0.1, 0.15) is 31.9 Å². The van der Waals surface area contributed by atoms with Gasteiger partial charge in [0, 0.05) is 17.3 Å². The molecule has 0 aliphatic carbocycles. The molecule has 0 bridgehead atoms. The fourth-order valence-electron chi connectivity index (χ4n) is 3.25. The summed E-state index contributed by atoms with van der Waals surface area (Å²) in [5, 5.41) is 16.2. The van der Waals surface area contributed by atoms with Gasteiger partial charge in [0.25, 0.3) is 0 Å². The molecule has 0 fully saturated rings. The maximum absolute atomic E-state index is 9.01. The Bertz CT molecular complexity index is 1060. The van der Waals surface area contributed by atoms with Gasteiger partial charge in [0.2, 0.25) is 6.10 Å². The highest BCUT2D eigenvalue weighted by atomic mass is 16.6. The van der Waals surface area contributed by atoms with Crippen molar-refractivity contribution in [1.82, 2.24) is 4.57 Å². The number of nitrogens with zero attached hydrogens (tertiary/aromatic N) is 3. The molecule has 1 aromatic heterocycles. The molecule has 0 aliphatic rings. The molecule has 3 rings (SSSR count). The summed E-state index contributed by atoms with van der Waals surface area (Å²) >= 11 is 0. The number of rotatable bonds is 5. The van der Waals surface area contributed by atoms with Crippen molar-refractivity contribution < 1.29 is 4.84 Å². The van der Waals surface area contributed by atoms with Crippen LogP contribution < -0.4 is 11.1 Å². The Labute approximate surface area is 160 Å². The molecule has 27 heavy (non-hydrogen) atoms. The summed E-state index contributed by atoms with van der Waals surface area (Å²) in [5.41, 5.74) is 10.5. The van der Waals surface area contributed by atoms with Gasteiger partial charge >= 0.3 is 0 Å². The van der Waals surface area contributed by atoms with Crippen molar-refractivity contribution in [2.24, 2.45) is 10.9 Å². The minimum atomic E-state index is -0.597. The Hall–Kier alpha value is -2.84. The molecule has 1 heterocycles. The van der Waals surface area contributed by atoms with Crippen LogP contribution in [0.4, 0.5) is 0 Å². The van der Waals surface area contributed by atoms with Gasteiger partial charge in [-0.3, -0.25) is 0 Å². The van der Waals surface area contributed by atoms with Crippen LogP contribution in [0, 0.1) is 25.2 Å². The third kappa shape index (κ3) is 3.81. The molecule has 0 saturated carbocycles. The predicted molar refractivity (Wildman–Crippen MR) is 111 cm³/mol. The molecule has 1 unspecified atom stereocenters. The third-order valence-corrected chi connectivity index (χ3v) is 4.75. The van der Waals surface area contributed by atoms with Gasteiger partial charge in [-0.25, -0.2) is 0 Å². The van der Waals surface area contributed by atoms with E-state index < -0.39 is 6.10 Å². The number of pyridine rings is 1. The number of benzene rings is 2. The second kappa shape index (κ2) is 8.70. The Morgan fingerprint density at radius 3 is 2.63 bits per heavy atom. The van der Waals surface area contributed by atoms with E-state index in [9.17, 15) is 0 Å². The van der Waals surface area contributed by atoms with Gasteiger partial charge in [-0.2, -0.15) is 5.26 Å². The molecule has 5 heteroatoms. The second-order valence-corrected chi connectivity index (χ2v) is 6.53. The fourth-order valence-corrected chi connectivity index (χ4v) is 3.25. The van der Waals surface area contributed by atoms with Crippen molar-refractivity contribution in [2.75, 3.05) is 6.54 Å². The van der Waals surface area contributed by atoms with Gasteiger partial charge in [0.1, 0.15) is 11.4 Å². The van der Waals surface area contributed by atoms with Gasteiger partial charge in [-0.1, -0.05) is 42.9 Å². The van der Waals surface area contributed by atoms with Crippen molar-refractivity contribution in [3.05, 3.63) is 52.9 Å². The first kappa shape index (κ1) is 20.5. The van der Waals surface area contributed by atoms with E-state index >= 15 is 0 Å². The highest BCUT2D eigenvalue weighted by Gasteiger charge is 2.13. The van der Waals surface area contributed by atoms with E-state index in [1.165, 1.54) is 11.1 Å². The topological polar surface area (TPSA) is 76.3 Å². The third-order valence-electron chi connectivity index (χ3n) is 4.75. The molecule has 0 spiro atoms. The van der Waals surface area contributed by atoms with Crippen LogP contribution in [0.3, 0.4) is 0 Å². The molecule has 0 aliphatic heterocycles. The summed E-state index contributed by atoms with van der Waals surface area (Å²) in [6, 6.07) is 14.4. The largest absolute Gasteiger partial charge is 0.377 e. The van der Waals surface area contributed by atoms with Crippen LogP contribution in [0.15, 0.2) is 41.6 Å². The molecule has 5 nitrogen and oxygen atoms in total. The molecule has 3 aromatic rings. The monoisotopic (exact) mass is 364 g/mol. The van der Waals surface area contributed by atoms with E-state index in [2.05, 4.69) is 47.8 Å². The fraction of sp³-hybridized carbons (Fsp3) is 0.364. The van der Waals surface area contributed by atoms with Gasteiger partial charge < -0.3 is 15.1 Å². The van der Waals surface area contributed by atoms with E-state index in [4.69, 9.17) is 15.8 Å². The summed E-state index contributed by atoms with van der Waals surface area (Å²) in [4.78, 5) is 5.42. The van der Waals surface area contributed by atoms with Crippen molar-refractivity contribution in [3.8, 4) is 6.07 Å². The summed E-state index contributed by atoms with van der Waals surface area (Å²) < 4.78 is 2.33. The first-order valence-electron chi connectivity index (χ1n) is 8.89. The van der Waals surface area contributed by atoms with Crippen LogP contribution >= 0.6 is 0 Å². The van der Waals surface area contributed by atoms with E-state index in [1.54, 1.807) is 6.92 Å². The number of fused-ring (bicyclic) bond motifs is 2. The molecule has 0 amide bonds. The predicted octanol–water partition coefficient (Wildman–Crippen LogP) is 4.14. The van der Waals surface area contributed by atoms with Crippen LogP contribution in [0.25, 0.3) is 21.8 Å². The van der Waals surface area contributed by atoms with E-state index in [0.717, 1.165) is 40.1 Å². The summed E-state index contributed by atoms with van der Waals surface area (Å²) in [5.74, 6) is 0. The maximum atomic E-state index is 9.01. The summed E-state index contributed by atoms with van der Waals surface area (Å²) in [7, 11) is 0. The number of nitriles is 1. The molecule has 2 N–H and O–H groups in total. The Morgan fingerprint density at radius 1 is 1.19 bits per heavy atom. The SMILES string of the molecule is C.Cc1ccc2/c(=N/OC(C)C#N)c3ccccc3n(CCCN)c2c1C. The minimum Gasteiger partial charge on any atom is -0.377 e. The van der Waals surface area contributed by atoms with Crippen molar-refractivity contribution in [3.63, 3.8) is 0 Å². The van der Waals surface area contributed by atoms with E-state index in [-0.39, 0.29) is 7.43 Å².